The Kier molecular flexibility index (Phi) is 9.63. The molecule has 1 atom stereocenters. The van der Waals surface area contributed by atoms with Gasteiger partial charge in [-0.3, -0.25) is 4.90 Å². The molecule has 21 heavy (non-hydrogen) atoms. The number of methoxy groups -OCH3 is 1. The summed E-state index contributed by atoms with van der Waals surface area (Å²) in [5.41, 5.74) is 1.21. The third-order valence-corrected chi connectivity index (χ3v) is 3.70. The molecule has 0 saturated heterocycles. The van der Waals surface area contributed by atoms with Crippen LogP contribution in [-0.4, -0.2) is 56.5 Å². The molecule has 1 aromatic carbocycles. The molecule has 0 amide bonds. The van der Waals surface area contributed by atoms with Crippen LogP contribution in [0, 0.1) is 0 Å². The van der Waals surface area contributed by atoms with E-state index in [0.29, 0.717) is 13.2 Å². The molecular weight excluding hydrogens is 288 g/mol. The maximum absolute atomic E-state index is 9.14. The second-order valence-electron chi connectivity index (χ2n) is 5.01. The number of halogens is 1. The smallest absolute Gasteiger partial charge is 0.0589 e. The zero-order valence-electron chi connectivity index (χ0n) is 13.0. The first-order valence-electron chi connectivity index (χ1n) is 7.52. The van der Waals surface area contributed by atoms with E-state index in [0.717, 1.165) is 31.1 Å². The van der Waals surface area contributed by atoms with Gasteiger partial charge in [0.05, 0.1) is 13.2 Å². The fraction of sp³-hybridized carbons (Fsp3) is 0.625. The number of ether oxygens (including phenoxy) is 1. The number of nitrogens with one attached hydrogen (secondary N) is 1. The van der Waals surface area contributed by atoms with E-state index in [1.807, 2.05) is 18.2 Å². The Hall–Kier alpha value is -0.650. The molecule has 1 rings (SSSR count). The predicted molar refractivity (Wildman–Crippen MR) is 87.9 cm³/mol. The molecule has 0 aliphatic heterocycles. The fourth-order valence-corrected chi connectivity index (χ4v) is 2.56. The van der Waals surface area contributed by atoms with Crippen LogP contribution >= 0.6 is 11.6 Å². The third kappa shape index (κ3) is 7.25. The van der Waals surface area contributed by atoms with E-state index in [1.54, 1.807) is 7.11 Å². The molecule has 0 heterocycles. The van der Waals surface area contributed by atoms with Crippen molar-refractivity contribution in [1.82, 2.24) is 10.2 Å². The van der Waals surface area contributed by atoms with Gasteiger partial charge in [-0.15, -0.1) is 0 Å². The Balaban J connectivity index is 2.60. The van der Waals surface area contributed by atoms with Crippen LogP contribution in [0.2, 0.25) is 5.02 Å². The summed E-state index contributed by atoms with van der Waals surface area (Å²) in [5.74, 6) is 0. The monoisotopic (exact) mass is 314 g/mol. The highest BCUT2D eigenvalue weighted by molar-refractivity contribution is 6.30. The number of hydrogen-bond acceptors (Lipinski definition) is 4. The SMILES string of the molecule is CCNC(CCN(CCO)CCOC)c1cccc(Cl)c1. The standard InChI is InChI=1S/C16H27ClN2O2/c1-3-18-16(14-5-4-6-15(17)13-14)7-8-19(9-11-20)10-12-21-2/h4-6,13,16,18,20H,3,7-12H2,1-2H3. The van der Waals surface area contributed by atoms with Crippen LogP contribution in [0.25, 0.3) is 0 Å². The summed E-state index contributed by atoms with van der Waals surface area (Å²) in [7, 11) is 1.70. The van der Waals surface area contributed by atoms with E-state index in [2.05, 4.69) is 23.2 Å². The van der Waals surface area contributed by atoms with E-state index in [9.17, 15) is 0 Å². The number of aliphatic hydroxyl groups excluding tert-OH is 1. The second kappa shape index (κ2) is 11.0. The molecule has 0 bridgehead atoms. The maximum Gasteiger partial charge on any atom is 0.0589 e. The average Bonchev–Trinajstić information content (AvgIpc) is 2.48. The molecule has 0 fully saturated rings. The van der Waals surface area contributed by atoms with Gasteiger partial charge in [0, 0.05) is 37.8 Å². The van der Waals surface area contributed by atoms with Gasteiger partial charge in [0.15, 0.2) is 0 Å². The first kappa shape index (κ1) is 18.4. The van der Waals surface area contributed by atoms with Crippen molar-refractivity contribution in [3.05, 3.63) is 34.9 Å². The zero-order valence-corrected chi connectivity index (χ0v) is 13.8. The van der Waals surface area contributed by atoms with Crippen molar-refractivity contribution in [2.24, 2.45) is 0 Å². The topological polar surface area (TPSA) is 44.7 Å². The van der Waals surface area contributed by atoms with Crippen molar-refractivity contribution in [3.63, 3.8) is 0 Å². The van der Waals surface area contributed by atoms with Crippen molar-refractivity contribution < 1.29 is 9.84 Å². The lowest BCUT2D eigenvalue weighted by atomic mass is 10.0. The molecule has 0 aromatic heterocycles. The van der Waals surface area contributed by atoms with Gasteiger partial charge in [0.2, 0.25) is 0 Å². The summed E-state index contributed by atoms with van der Waals surface area (Å²) in [6.07, 6.45) is 0.970. The van der Waals surface area contributed by atoms with Gasteiger partial charge in [-0.05, 0) is 30.7 Å². The summed E-state index contributed by atoms with van der Waals surface area (Å²) in [4.78, 5) is 2.22. The van der Waals surface area contributed by atoms with Crippen LogP contribution in [0.5, 0.6) is 0 Å². The lowest BCUT2D eigenvalue weighted by Gasteiger charge is -2.25. The van der Waals surface area contributed by atoms with Crippen molar-refractivity contribution in [3.8, 4) is 0 Å². The zero-order chi connectivity index (χ0) is 15.5. The molecule has 0 radical (unpaired) electrons. The molecule has 0 aliphatic rings. The Morgan fingerprint density at radius 1 is 1.33 bits per heavy atom. The summed E-state index contributed by atoms with van der Waals surface area (Å²) in [5, 5.41) is 13.4. The third-order valence-electron chi connectivity index (χ3n) is 3.46. The number of aliphatic hydroxyl groups is 1. The Bertz CT molecular complexity index is 390. The van der Waals surface area contributed by atoms with Gasteiger partial charge in [0.25, 0.3) is 0 Å². The minimum absolute atomic E-state index is 0.173. The average molecular weight is 315 g/mol. The summed E-state index contributed by atoms with van der Waals surface area (Å²) >= 11 is 6.08. The quantitative estimate of drug-likeness (QED) is 0.658. The van der Waals surface area contributed by atoms with Crippen molar-refractivity contribution >= 4 is 11.6 Å². The molecule has 5 heteroatoms. The second-order valence-corrected chi connectivity index (χ2v) is 5.45. The number of rotatable bonds is 11. The van der Waals surface area contributed by atoms with E-state index in [1.165, 1.54) is 5.56 Å². The molecule has 1 unspecified atom stereocenters. The first-order valence-corrected chi connectivity index (χ1v) is 7.90. The Labute approximate surface area is 133 Å². The van der Waals surface area contributed by atoms with Crippen LogP contribution in [0.1, 0.15) is 24.9 Å². The Morgan fingerprint density at radius 3 is 2.76 bits per heavy atom. The first-order chi connectivity index (χ1) is 10.2. The maximum atomic E-state index is 9.14. The number of benzene rings is 1. The summed E-state index contributed by atoms with van der Waals surface area (Å²) in [6.45, 7) is 6.30. The normalized spacial score (nSPS) is 12.8. The highest BCUT2D eigenvalue weighted by atomic mass is 35.5. The van der Waals surface area contributed by atoms with Gasteiger partial charge < -0.3 is 15.2 Å². The predicted octanol–water partition coefficient (Wildman–Crippen LogP) is 2.32. The molecule has 0 aliphatic carbocycles. The molecule has 2 N–H and O–H groups in total. The Morgan fingerprint density at radius 2 is 2.14 bits per heavy atom. The number of hydrogen-bond donors (Lipinski definition) is 2. The highest BCUT2D eigenvalue weighted by Crippen LogP contribution is 2.20. The van der Waals surface area contributed by atoms with Crippen molar-refractivity contribution in [1.29, 1.82) is 0 Å². The fourth-order valence-electron chi connectivity index (χ4n) is 2.37. The van der Waals surface area contributed by atoms with Gasteiger partial charge >= 0.3 is 0 Å². The molecule has 1 aromatic rings. The largest absolute Gasteiger partial charge is 0.395 e. The van der Waals surface area contributed by atoms with Crippen LogP contribution in [0.15, 0.2) is 24.3 Å². The van der Waals surface area contributed by atoms with E-state index < -0.39 is 0 Å². The van der Waals surface area contributed by atoms with E-state index >= 15 is 0 Å². The lowest BCUT2D eigenvalue weighted by Crippen LogP contribution is -2.34. The van der Waals surface area contributed by atoms with Crippen LogP contribution < -0.4 is 5.32 Å². The van der Waals surface area contributed by atoms with Gasteiger partial charge in [0.1, 0.15) is 0 Å². The molecule has 0 spiro atoms. The minimum atomic E-state index is 0.173. The summed E-state index contributed by atoms with van der Waals surface area (Å²) < 4.78 is 5.12. The van der Waals surface area contributed by atoms with Gasteiger partial charge in [-0.25, -0.2) is 0 Å². The van der Waals surface area contributed by atoms with Gasteiger partial charge in [-0.2, -0.15) is 0 Å². The highest BCUT2D eigenvalue weighted by Gasteiger charge is 2.13. The van der Waals surface area contributed by atoms with Crippen LogP contribution in [-0.2, 0) is 4.74 Å². The van der Waals surface area contributed by atoms with Gasteiger partial charge in [-0.1, -0.05) is 30.7 Å². The molecule has 120 valence electrons. The van der Waals surface area contributed by atoms with E-state index in [4.69, 9.17) is 21.4 Å². The van der Waals surface area contributed by atoms with E-state index in [-0.39, 0.29) is 12.6 Å². The van der Waals surface area contributed by atoms with Crippen LogP contribution in [0.3, 0.4) is 0 Å². The summed E-state index contributed by atoms with van der Waals surface area (Å²) in [6, 6.07) is 8.27. The minimum Gasteiger partial charge on any atom is -0.395 e. The molecular formula is C16H27ClN2O2. The lowest BCUT2D eigenvalue weighted by molar-refractivity contribution is 0.127. The van der Waals surface area contributed by atoms with Crippen LogP contribution in [0.4, 0.5) is 0 Å². The van der Waals surface area contributed by atoms with Crippen molar-refractivity contribution in [2.75, 3.05) is 46.5 Å². The van der Waals surface area contributed by atoms with Crippen molar-refractivity contribution in [2.45, 2.75) is 19.4 Å². The molecule has 4 nitrogen and oxygen atoms in total. The molecule has 0 saturated carbocycles. The number of nitrogens with zero attached hydrogens (tertiary/aromatic N) is 1.